The number of carbonyl (C=O) groups excluding carboxylic acids is 1. The van der Waals surface area contributed by atoms with E-state index in [4.69, 9.17) is 27.9 Å². The van der Waals surface area contributed by atoms with E-state index in [1.807, 2.05) is 4.90 Å². The van der Waals surface area contributed by atoms with Gasteiger partial charge in [0.1, 0.15) is 11.6 Å². The number of hydrogen-bond acceptors (Lipinski definition) is 3. The van der Waals surface area contributed by atoms with Crippen molar-refractivity contribution in [2.45, 2.75) is 6.42 Å². The Hall–Kier alpha value is -1.82. The predicted molar refractivity (Wildman–Crippen MR) is 105 cm³/mol. The van der Waals surface area contributed by atoms with E-state index in [0.29, 0.717) is 41.1 Å². The maximum absolute atomic E-state index is 13.0. The largest absolute Gasteiger partial charge is 0.493 e. The molecule has 0 radical (unpaired) electrons. The lowest BCUT2D eigenvalue weighted by Crippen LogP contribution is -2.49. The highest BCUT2D eigenvalue weighted by Crippen LogP contribution is 2.26. The van der Waals surface area contributed by atoms with Crippen LogP contribution in [0.15, 0.2) is 42.5 Å². The highest BCUT2D eigenvalue weighted by molar-refractivity contribution is 6.42. The molecule has 0 unspecified atom stereocenters. The summed E-state index contributed by atoms with van der Waals surface area (Å²) in [4.78, 5) is 16.6. The van der Waals surface area contributed by atoms with Crippen LogP contribution < -0.4 is 4.74 Å². The molecule has 0 spiro atoms. The van der Waals surface area contributed by atoms with Gasteiger partial charge in [-0.3, -0.25) is 9.69 Å². The average Bonchev–Trinajstić information content (AvgIpc) is 2.68. The zero-order valence-electron chi connectivity index (χ0n) is 14.8. The number of piperazine rings is 1. The zero-order chi connectivity index (χ0) is 19.2. The first-order valence-corrected chi connectivity index (χ1v) is 9.63. The summed E-state index contributed by atoms with van der Waals surface area (Å²) >= 11 is 11.9. The minimum absolute atomic E-state index is 0.0439. The Kier molecular flexibility index (Phi) is 6.94. The normalized spacial score (nSPS) is 15.0. The topological polar surface area (TPSA) is 32.8 Å². The molecule has 1 aliphatic rings. The van der Waals surface area contributed by atoms with Crippen molar-refractivity contribution in [1.82, 2.24) is 9.80 Å². The van der Waals surface area contributed by atoms with Crippen LogP contribution in [0.2, 0.25) is 10.0 Å². The van der Waals surface area contributed by atoms with Crippen LogP contribution in [0.3, 0.4) is 0 Å². The SMILES string of the molecule is O=C(c1ccc(F)cc1)N1CCN(CCCOc2ccc(Cl)c(Cl)c2)CC1. The molecule has 1 fully saturated rings. The Morgan fingerprint density at radius 1 is 1.00 bits per heavy atom. The average molecular weight is 411 g/mol. The molecule has 0 saturated carbocycles. The monoisotopic (exact) mass is 410 g/mol. The van der Waals surface area contributed by atoms with Gasteiger partial charge in [0.25, 0.3) is 5.91 Å². The second-order valence-corrected chi connectivity index (χ2v) is 7.23. The lowest BCUT2D eigenvalue weighted by Gasteiger charge is -2.34. The molecule has 0 aliphatic carbocycles. The molecule has 0 atom stereocenters. The van der Waals surface area contributed by atoms with Gasteiger partial charge in [0.2, 0.25) is 0 Å². The zero-order valence-corrected chi connectivity index (χ0v) is 16.3. The molecular weight excluding hydrogens is 390 g/mol. The number of halogens is 3. The second kappa shape index (κ2) is 9.40. The number of amides is 1. The minimum Gasteiger partial charge on any atom is -0.493 e. The fourth-order valence-electron chi connectivity index (χ4n) is 2.99. The van der Waals surface area contributed by atoms with Gasteiger partial charge in [-0.25, -0.2) is 4.39 Å². The van der Waals surface area contributed by atoms with Gasteiger partial charge in [0.05, 0.1) is 16.7 Å². The second-order valence-electron chi connectivity index (χ2n) is 6.42. The fourth-order valence-corrected chi connectivity index (χ4v) is 3.28. The summed E-state index contributed by atoms with van der Waals surface area (Å²) in [6.45, 7) is 4.47. The van der Waals surface area contributed by atoms with Crippen molar-refractivity contribution in [3.8, 4) is 5.75 Å². The van der Waals surface area contributed by atoms with Crippen molar-refractivity contribution in [3.05, 3.63) is 63.9 Å². The van der Waals surface area contributed by atoms with Gasteiger partial charge in [-0.15, -0.1) is 0 Å². The van der Waals surface area contributed by atoms with Gasteiger partial charge in [0, 0.05) is 44.4 Å². The van der Waals surface area contributed by atoms with Gasteiger partial charge in [-0.1, -0.05) is 23.2 Å². The molecule has 1 aliphatic heterocycles. The van der Waals surface area contributed by atoms with Gasteiger partial charge in [-0.2, -0.15) is 0 Å². The van der Waals surface area contributed by atoms with Crippen molar-refractivity contribution in [3.63, 3.8) is 0 Å². The first kappa shape index (κ1) is 19.9. The molecule has 0 bridgehead atoms. The van der Waals surface area contributed by atoms with E-state index in [9.17, 15) is 9.18 Å². The lowest BCUT2D eigenvalue weighted by atomic mass is 10.1. The molecule has 144 valence electrons. The van der Waals surface area contributed by atoms with Gasteiger partial charge in [0.15, 0.2) is 0 Å². The first-order chi connectivity index (χ1) is 13.0. The number of rotatable bonds is 6. The number of hydrogen-bond donors (Lipinski definition) is 0. The molecular formula is C20H21Cl2FN2O2. The standard InChI is InChI=1S/C20H21Cl2FN2O2/c21-18-7-6-17(14-19(18)22)27-13-1-8-24-9-11-25(12-10-24)20(26)15-2-4-16(23)5-3-15/h2-7,14H,1,8-13H2. The molecule has 1 heterocycles. The molecule has 1 amide bonds. The summed E-state index contributed by atoms with van der Waals surface area (Å²) in [6, 6.07) is 10.9. The van der Waals surface area contributed by atoms with Crippen LogP contribution in [0.4, 0.5) is 4.39 Å². The van der Waals surface area contributed by atoms with E-state index in [2.05, 4.69) is 4.90 Å². The summed E-state index contributed by atoms with van der Waals surface area (Å²) in [5.74, 6) is 0.330. The third kappa shape index (κ3) is 5.58. The van der Waals surface area contributed by atoms with Gasteiger partial charge in [-0.05, 0) is 42.8 Å². The van der Waals surface area contributed by atoms with E-state index in [1.165, 1.54) is 24.3 Å². The summed E-state index contributed by atoms with van der Waals surface area (Å²) in [5, 5.41) is 0.994. The van der Waals surface area contributed by atoms with Gasteiger partial charge >= 0.3 is 0 Å². The van der Waals surface area contributed by atoms with E-state index >= 15 is 0 Å². The molecule has 3 rings (SSSR count). The lowest BCUT2D eigenvalue weighted by molar-refractivity contribution is 0.0630. The summed E-state index contributed by atoms with van der Waals surface area (Å²) < 4.78 is 18.7. The Labute approximate surface area is 168 Å². The molecule has 2 aromatic rings. The van der Waals surface area contributed by atoms with Crippen LogP contribution in [-0.4, -0.2) is 55.0 Å². The van der Waals surface area contributed by atoms with E-state index in [-0.39, 0.29) is 11.7 Å². The van der Waals surface area contributed by atoms with Crippen molar-refractivity contribution in [1.29, 1.82) is 0 Å². The molecule has 0 N–H and O–H groups in total. The molecule has 4 nitrogen and oxygen atoms in total. The number of ether oxygens (including phenoxy) is 1. The fraction of sp³-hybridized carbons (Fsp3) is 0.350. The van der Waals surface area contributed by atoms with Gasteiger partial charge < -0.3 is 9.64 Å². The third-order valence-corrected chi connectivity index (χ3v) is 5.27. The van der Waals surface area contributed by atoms with Crippen LogP contribution in [0, 0.1) is 5.82 Å². The Bertz CT molecular complexity index is 778. The molecule has 0 aromatic heterocycles. The Balaban J connectivity index is 1.37. The summed E-state index contributed by atoms with van der Waals surface area (Å²) in [7, 11) is 0. The smallest absolute Gasteiger partial charge is 0.253 e. The molecule has 27 heavy (non-hydrogen) atoms. The Morgan fingerprint density at radius 3 is 2.37 bits per heavy atom. The maximum atomic E-state index is 13.0. The van der Waals surface area contributed by atoms with E-state index in [1.54, 1.807) is 18.2 Å². The number of benzene rings is 2. The Morgan fingerprint density at radius 2 is 1.70 bits per heavy atom. The van der Waals surface area contributed by atoms with Crippen molar-refractivity contribution < 1.29 is 13.9 Å². The molecule has 1 saturated heterocycles. The maximum Gasteiger partial charge on any atom is 0.253 e. The minimum atomic E-state index is -0.334. The van der Waals surface area contributed by atoms with Crippen molar-refractivity contribution >= 4 is 29.1 Å². The van der Waals surface area contributed by atoms with E-state index in [0.717, 1.165) is 26.1 Å². The molecule has 2 aromatic carbocycles. The predicted octanol–water partition coefficient (Wildman–Crippen LogP) is 4.36. The van der Waals surface area contributed by atoms with E-state index < -0.39 is 0 Å². The third-order valence-electron chi connectivity index (χ3n) is 4.53. The van der Waals surface area contributed by atoms with Crippen molar-refractivity contribution in [2.24, 2.45) is 0 Å². The van der Waals surface area contributed by atoms with Crippen LogP contribution in [0.25, 0.3) is 0 Å². The van der Waals surface area contributed by atoms with Crippen LogP contribution >= 0.6 is 23.2 Å². The molecule has 7 heteroatoms. The number of nitrogens with zero attached hydrogens (tertiary/aromatic N) is 2. The highest BCUT2D eigenvalue weighted by Gasteiger charge is 2.21. The van der Waals surface area contributed by atoms with Crippen LogP contribution in [0.5, 0.6) is 5.75 Å². The summed E-state index contributed by atoms with van der Waals surface area (Å²) in [5.41, 5.74) is 0.528. The van der Waals surface area contributed by atoms with Crippen molar-refractivity contribution in [2.75, 3.05) is 39.3 Å². The highest BCUT2D eigenvalue weighted by atomic mass is 35.5. The quantitative estimate of drug-likeness (QED) is 0.663. The number of carbonyl (C=O) groups is 1. The summed E-state index contributed by atoms with van der Waals surface area (Å²) in [6.07, 6.45) is 0.881. The van der Waals surface area contributed by atoms with Crippen LogP contribution in [-0.2, 0) is 0 Å². The first-order valence-electron chi connectivity index (χ1n) is 8.88. The van der Waals surface area contributed by atoms with Crippen LogP contribution in [0.1, 0.15) is 16.8 Å².